The SMILES string of the molecule is [CH2-]CCC[18F].[NH2-].[W+2]. The van der Waals surface area contributed by atoms with E-state index in [1.165, 1.54) is 0 Å². The van der Waals surface area contributed by atoms with Gasteiger partial charge in [0.15, 0.2) is 0 Å². The molecule has 0 saturated carbocycles. The summed E-state index contributed by atoms with van der Waals surface area (Å²) in [6, 6.07) is 0. The van der Waals surface area contributed by atoms with E-state index in [4.69, 9.17) is 0 Å². The second kappa shape index (κ2) is 16.0. The first kappa shape index (κ1) is 15.6. The van der Waals surface area contributed by atoms with Gasteiger partial charge < -0.3 is 13.1 Å². The molecule has 0 amide bonds. The minimum absolute atomic E-state index is 0. The maximum atomic E-state index is 11.0. The Kier molecular flexibility index (Phi) is 35.7. The molecule has 7 heavy (non-hydrogen) atoms. The van der Waals surface area contributed by atoms with E-state index < -0.39 is 0 Å². The molecule has 44 valence electrons. The van der Waals surface area contributed by atoms with E-state index >= 15 is 0 Å². The molecule has 0 spiro atoms. The van der Waals surface area contributed by atoms with Crippen molar-refractivity contribution in [2.45, 2.75) is 12.8 Å². The molecule has 0 rings (SSSR count). The zero-order valence-corrected chi connectivity index (χ0v) is 7.13. The summed E-state index contributed by atoms with van der Waals surface area (Å²) in [4.78, 5) is 0. The molecule has 0 unspecified atom stereocenters. The van der Waals surface area contributed by atoms with E-state index in [2.05, 4.69) is 6.92 Å². The summed E-state index contributed by atoms with van der Waals surface area (Å²) in [7, 11) is 0. The van der Waals surface area contributed by atoms with Gasteiger partial charge in [0, 0.05) is 0 Å². The van der Waals surface area contributed by atoms with E-state index in [-0.39, 0.29) is 33.9 Å². The minimum atomic E-state index is -0.219. The van der Waals surface area contributed by atoms with E-state index in [1.54, 1.807) is 0 Å². The van der Waals surface area contributed by atoms with Gasteiger partial charge in [-0.05, 0) is 0 Å². The van der Waals surface area contributed by atoms with Gasteiger partial charge in [-0.1, -0.05) is 6.42 Å². The van der Waals surface area contributed by atoms with Crippen molar-refractivity contribution in [3.05, 3.63) is 13.1 Å². The molecule has 0 radical (unpaired) electrons. The van der Waals surface area contributed by atoms with Gasteiger partial charge in [-0.15, -0.1) is 0 Å². The Balaban J connectivity index is -0.0000000800. The van der Waals surface area contributed by atoms with Crippen LogP contribution in [0.1, 0.15) is 12.8 Å². The largest absolute Gasteiger partial charge is 2.00 e. The van der Waals surface area contributed by atoms with Crippen LogP contribution in [0.25, 0.3) is 6.15 Å². The van der Waals surface area contributed by atoms with E-state index in [9.17, 15) is 4.39 Å². The summed E-state index contributed by atoms with van der Waals surface area (Å²) in [5, 5.41) is 0. The maximum absolute atomic E-state index is 11.0. The summed E-state index contributed by atoms with van der Waals surface area (Å²) in [6.45, 7) is 3.22. The summed E-state index contributed by atoms with van der Waals surface area (Å²) < 4.78 is 11.0. The predicted octanol–water partition coefficient (Wildman–Crippen LogP) is 2.28. The van der Waals surface area contributed by atoms with E-state index in [0.717, 1.165) is 6.42 Å². The molecule has 0 aliphatic carbocycles. The van der Waals surface area contributed by atoms with Crippen LogP contribution in [-0.4, -0.2) is 6.67 Å². The molecule has 3 heteroatoms. The number of hydrogen-bond acceptors (Lipinski definition) is 0. The first-order valence-corrected chi connectivity index (χ1v) is 1.77. The van der Waals surface area contributed by atoms with Gasteiger partial charge in [0.2, 0.25) is 0 Å². The van der Waals surface area contributed by atoms with Gasteiger partial charge in [-0.25, -0.2) is 0 Å². The van der Waals surface area contributed by atoms with Crippen molar-refractivity contribution in [1.82, 2.24) is 0 Å². The summed E-state index contributed by atoms with van der Waals surface area (Å²) in [5.41, 5.74) is 0. The molecular weight excluding hydrogens is 264 g/mol. The average molecular weight is 274 g/mol. The Morgan fingerprint density at radius 1 is 1.43 bits per heavy atom. The summed E-state index contributed by atoms with van der Waals surface area (Å²) in [5.74, 6) is 0. The van der Waals surface area contributed by atoms with E-state index in [0.29, 0.717) is 6.42 Å². The van der Waals surface area contributed by atoms with Crippen molar-refractivity contribution in [3.63, 3.8) is 0 Å². The third kappa shape index (κ3) is 20.7. The molecular formula is C4H10FNW. The van der Waals surface area contributed by atoms with Gasteiger partial charge in [-0.2, -0.15) is 6.42 Å². The molecule has 0 bridgehead atoms. The monoisotopic (exact) mass is 274 g/mol. The zero-order valence-electron chi connectivity index (χ0n) is 4.19. The third-order valence-corrected chi connectivity index (χ3v) is 0.384. The Morgan fingerprint density at radius 2 is 1.86 bits per heavy atom. The van der Waals surface area contributed by atoms with Crippen LogP contribution >= 0.6 is 0 Å². The maximum Gasteiger partial charge on any atom is 2.00 e. The molecule has 2 N–H and O–H groups in total. The van der Waals surface area contributed by atoms with Crippen molar-refractivity contribution < 1.29 is 25.5 Å². The fourth-order valence-corrected chi connectivity index (χ4v) is 0.0945. The van der Waals surface area contributed by atoms with Crippen LogP contribution in [-0.2, 0) is 21.1 Å². The summed E-state index contributed by atoms with van der Waals surface area (Å²) >= 11 is 0. The van der Waals surface area contributed by atoms with Crippen molar-refractivity contribution >= 4 is 0 Å². The first-order chi connectivity index (χ1) is 2.41. The Bertz CT molecular complexity index is 19.2. The number of rotatable bonds is 2. The molecule has 0 aromatic heterocycles. The molecule has 0 fully saturated rings. The topological polar surface area (TPSA) is 33.5 Å². The Morgan fingerprint density at radius 3 is 1.86 bits per heavy atom. The normalized spacial score (nSPS) is 6.00. The van der Waals surface area contributed by atoms with Crippen molar-refractivity contribution in [3.8, 4) is 0 Å². The average Bonchev–Trinajstić information content (AvgIpc) is 1.41. The van der Waals surface area contributed by atoms with Crippen LogP contribution in [0.5, 0.6) is 0 Å². The number of nitrogens with two attached hydrogens (primary N) is 1. The molecule has 1 nitrogen and oxygen atoms in total. The fraction of sp³-hybridized carbons (Fsp3) is 0.750. The van der Waals surface area contributed by atoms with Gasteiger partial charge in [0.05, 0.1) is 6.67 Å². The van der Waals surface area contributed by atoms with Crippen molar-refractivity contribution in [2.24, 2.45) is 0 Å². The van der Waals surface area contributed by atoms with Gasteiger partial charge in [0.1, 0.15) is 0 Å². The number of alkyl halides is 1. The van der Waals surface area contributed by atoms with Gasteiger partial charge in [0.25, 0.3) is 0 Å². The second-order valence-corrected chi connectivity index (χ2v) is 0.896. The standard InChI is InChI=1S/C4H8F.H2N.W/c1-2-3-4-5;;/h1-4H2;1H2;/q2*-1;+2/i5-1;;. The molecule has 0 aromatic carbocycles. The van der Waals surface area contributed by atoms with Crippen LogP contribution in [0, 0.1) is 6.92 Å². The quantitative estimate of drug-likeness (QED) is 0.692. The third-order valence-electron chi connectivity index (χ3n) is 0.384. The second-order valence-electron chi connectivity index (χ2n) is 0.896. The van der Waals surface area contributed by atoms with Crippen LogP contribution in [0.3, 0.4) is 0 Å². The van der Waals surface area contributed by atoms with Crippen LogP contribution < -0.4 is 0 Å². The minimum Gasteiger partial charge on any atom is -0.693 e. The number of halogens is 1. The number of unbranched alkanes of at least 4 members (excludes halogenated alkanes) is 1. The van der Waals surface area contributed by atoms with Crippen molar-refractivity contribution in [1.29, 1.82) is 0 Å². The van der Waals surface area contributed by atoms with Crippen LogP contribution in [0.15, 0.2) is 0 Å². The summed E-state index contributed by atoms with van der Waals surface area (Å²) in [6.07, 6.45) is 1.33. The molecule has 0 atom stereocenters. The van der Waals surface area contributed by atoms with Crippen LogP contribution in [0.2, 0.25) is 0 Å². The Hall–Kier alpha value is 0.578. The Labute approximate surface area is 58.5 Å². The predicted molar refractivity (Wildman–Crippen MR) is 25.9 cm³/mol. The first-order valence-electron chi connectivity index (χ1n) is 1.77. The molecule has 0 aliphatic heterocycles. The van der Waals surface area contributed by atoms with Crippen molar-refractivity contribution in [2.75, 3.05) is 6.67 Å². The van der Waals surface area contributed by atoms with Gasteiger partial charge in [-0.3, -0.25) is 4.39 Å². The zero-order chi connectivity index (χ0) is 4.12. The van der Waals surface area contributed by atoms with E-state index in [1.807, 2.05) is 0 Å². The van der Waals surface area contributed by atoms with Gasteiger partial charge >= 0.3 is 21.1 Å². The fourth-order valence-electron chi connectivity index (χ4n) is 0.0945. The molecule has 0 aromatic rings. The van der Waals surface area contributed by atoms with Crippen LogP contribution in [0.4, 0.5) is 4.39 Å². The smallest absolute Gasteiger partial charge is 0.693 e. The molecule has 0 aliphatic rings. The molecule has 0 saturated heterocycles. The molecule has 0 heterocycles. The number of hydrogen-bond donors (Lipinski definition) is 0.